The van der Waals surface area contributed by atoms with E-state index < -0.39 is 0 Å². The number of benzene rings is 1. The van der Waals surface area contributed by atoms with Crippen molar-refractivity contribution in [3.8, 4) is 17.1 Å². The van der Waals surface area contributed by atoms with Crippen LogP contribution in [-0.2, 0) is 13.5 Å². The van der Waals surface area contributed by atoms with Crippen LogP contribution in [0.4, 0.5) is 5.69 Å². The molecule has 0 spiro atoms. The first-order valence-corrected chi connectivity index (χ1v) is 10.2. The SMILES string of the molecule is CCCc1nn(C)c2c(=O)[nH]c(-c3cc(NC(=S)NCC)ccc3OCC)nc12. The van der Waals surface area contributed by atoms with E-state index in [0.717, 1.165) is 30.8 Å². The summed E-state index contributed by atoms with van der Waals surface area (Å²) in [5, 5.41) is 11.2. The molecule has 8 nitrogen and oxygen atoms in total. The van der Waals surface area contributed by atoms with Gasteiger partial charge >= 0.3 is 0 Å². The van der Waals surface area contributed by atoms with Crippen molar-refractivity contribution in [3.63, 3.8) is 0 Å². The Morgan fingerprint density at radius 3 is 2.79 bits per heavy atom. The van der Waals surface area contributed by atoms with Crippen LogP contribution in [0.15, 0.2) is 23.0 Å². The predicted molar refractivity (Wildman–Crippen MR) is 120 cm³/mol. The van der Waals surface area contributed by atoms with Crippen LogP contribution in [0.1, 0.15) is 32.9 Å². The number of nitrogens with one attached hydrogen (secondary N) is 3. The Balaban J connectivity index is 2.14. The topological polar surface area (TPSA) is 96.9 Å². The summed E-state index contributed by atoms with van der Waals surface area (Å²) in [6.45, 7) is 7.18. The fraction of sp³-hybridized carbons (Fsp3) is 0.400. The standard InChI is InChI=1S/C20H26N6O2S/c1-5-8-14-16-17(26(4)25-14)19(27)24-18(23-16)13-11-12(22-20(29)21-6-2)9-10-15(13)28-7-3/h9-11H,5-8H2,1-4H3,(H2,21,22,29)(H,23,24,27). The van der Waals surface area contributed by atoms with Crippen LogP contribution in [0.2, 0.25) is 0 Å². The Morgan fingerprint density at radius 1 is 1.31 bits per heavy atom. The van der Waals surface area contributed by atoms with Crippen molar-refractivity contribution < 1.29 is 4.74 Å². The first kappa shape index (κ1) is 20.8. The minimum absolute atomic E-state index is 0.230. The molecule has 29 heavy (non-hydrogen) atoms. The number of hydrogen-bond acceptors (Lipinski definition) is 5. The molecule has 3 rings (SSSR count). The number of anilines is 1. The maximum absolute atomic E-state index is 12.8. The highest BCUT2D eigenvalue weighted by molar-refractivity contribution is 7.80. The molecule has 9 heteroatoms. The number of aromatic nitrogens is 4. The molecule has 3 N–H and O–H groups in total. The number of thiocarbonyl (C=S) groups is 1. The van der Waals surface area contributed by atoms with Crippen LogP contribution in [0.5, 0.6) is 5.75 Å². The number of rotatable bonds is 7. The highest BCUT2D eigenvalue weighted by atomic mass is 32.1. The number of H-pyrrole nitrogens is 1. The Bertz CT molecular complexity index is 1090. The molecule has 0 atom stereocenters. The second-order valence-electron chi connectivity index (χ2n) is 6.56. The zero-order valence-electron chi connectivity index (χ0n) is 17.1. The third-order valence-electron chi connectivity index (χ3n) is 4.38. The normalized spacial score (nSPS) is 10.9. The third kappa shape index (κ3) is 4.40. The van der Waals surface area contributed by atoms with Gasteiger partial charge in [-0.05, 0) is 50.7 Å². The Hall–Kier alpha value is -2.94. The molecule has 0 radical (unpaired) electrons. The van der Waals surface area contributed by atoms with Gasteiger partial charge in [-0.1, -0.05) is 13.3 Å². The summed E-state index contributed by atoms with van der Waals surface area (Å²) in [4.78, 5) is 20.4. The van der Waals surface area contributed by atoms with Gasteiger partial charge < -0.3 is 20.4 Å². The van der Waals surface area contributed by atoms with E-state index in [4.69, 9.17) is 21.9 Å². The molecule has 0 aliphatic rings. The minimum Gasteiger partial charge on any atom is -0.493 e. The molecule has 154 valence electrons. The molecule has 0 bridgehead atoms. The van der Waals surface area contributed by atoms with Gasteiger partial charge in [0.15, 0.2) is 10.6 Å². The minimum atomic E-state index is -0.230. The van der Waals surface area contributed by atoms with Gasteiger partial charge in [-0.15, -0.1) is 0 Å². The van der Waals surface area contributed by atoms with E-state index in [2.05, 4.69) is 27.6 Å². The van der Waals surface area contributed by atoms with E-state index in [-0.39, 0.29) is 5.56 Å². The number of fused-ring (bicyclic) bond motifs is 1. The molecular formula is C20H26N6O2S. The third-order valence-corrected chi connectivity index (χ3v) is 4.63. The zero-order valence-corrected chi connectivity index (χ0v) is 17.9. The Morgan fingerprint density at radius 2 is 2.10 bits per heavy atom. The van der Waals surface area contributed by atoms with Gasteiger partial charge in [0.25, 0.3) is 5.56 Å². The number of nitrogens with zero attached hydrogens (tertiary/aromatic N) is 3. The highest BCUT2D eigenvalue weighted by Crippen LogP contribution is 2.31. The first-order valence-electron chi connectivity index (χ1n) is 9.76. The fourth-order valence-corrected chi connectivity index (χ4v) is 3.45. The van der Waals surface area contributed by atoms with Crippen molar-refractivity contribution in [1.29, 1.82) is 0 Å². The summed E-state index contributed by atoms with van der Waals surface area (Å²) >= 11 is 5.27. The van der Waals surface area contributed by atoms with E-state index >= 15 is 0 Å². The molecule has 0 amide bonds. The molecule has 0 saturated heterocycles. The van der Waals surface area contributed by atoms with Crippen LogP contribution < -0.4 is 20.9 Å². The van der Waals surface area contributed by atoms with Crippen LogP contribution >= 0.6 is 12.2 Å². The van der Waals surface area contributed by atoms with Gasteiger partial charge in [0.2, 0.25) is 0 Å². The summed E-state index contributed by atoms with van der Waals surface area (Å²) in [7, 11) is 1.76. The van der Waals surface area contributed by atoms with Crippen molar-refractivity contribution in [2.24, 2.45) is 7.05 Å². The number of ether oxygens (including phenoxy) is 1. The highest BCUT2D eigenvalue weighted by Gasteiger charge is 2.17. The molecule has 0 aliphatic carbocycles. The van der Waals surface area contributed by atoms with E-state index in [0.29, 0.717) is 39.9 Å². The molecule has 2 aromatic heterocycles. The summed E-state index contributed by atoms with van der Waals surface area (Å²) in [5.74, 6) is 1.07. The monoisotopic (exact) mass is 414 g/mol. The summed E-state index contributed by atoms with van der Waals surface area (Å²) in [6, 6.07) is 5.59. The average Bonchev–Trinajstić information content (AvgIpc) is 2.99. The Labute approximate surface area is 174 Å². The quantitative estimate of drug-likeness (QED) is 0.511. The van der Waals surface area contributed by atoms with E-state index in [1.165, 1.54) is 0 Å². The molecule has 1 aromatic carbocycles. The number of aromatic amines is 1. The van der Waals surface area contributed by atoms with Gasteiger partial charge in [-0.3, -0.25) is 9.48 Å². The molecule has 0 aliphatic heterocycles. The number of hydrogen-bond donors (Lipinski definition) is 3. The lowest BCUT2D eigenvalue weighted by atomic mass is 10.1. The smallest absolute Gasteiger partial charge is 0.277 e. The van der Waals surface area contributed by atoms with Crippen LogP contribution in [-0.4, -0.2) is 38.0 Å². The lowest BCUT2D eigenvalue weighted by molar-refractivity contribution is 0.341. The summed E-state index contributed by atoms with van der Waals surface area (Å²) in [5.41, 5.74) is 3.14. The van der Waals surface area contributed by atoms with Gasteiger partial charge in [0.05, 0.1) is 17.9 Å². The lowest BCUT2D eigenvalue weighted by Gasteiger charge is -2.14. The maximum Gasteiger partial charge on any atom is 0.277 e. The zero-order chi connectivity index (χ0) is 21.0. The lowest BCUT2D eigenvalue weighted by Crippen LogP contribution is -2.27. The predicted octanol–water partition coefficient (Wildman–Crippen LogP) is 2.98. The largest absolute Gasteiger partial charge is 0.493 e. The second kappa shape index (κ2) is 9.04. The maximum atomic E-state index is 12.8. The molecule has 0 fully saturated rings. The van der Waals surface area contributed by atoms with E-state index in [9.17, 15) is 4.79 Å². The molecule has 2 heterocycles. The van der Waals surface area contributed by atoms with Crippen LogP contribution in [0, 0.1) is 0 Å². The van der Waals surface area contributed by atoms with Crippen molar-refractivity contribution in [3.05, 3.63) is 34.2 Å². The van der Waals surface area contributed by atoms with Crippen molar-refractivity contribution in [2.45, 2.75) is 33.6 Å². The molecular weight excluding hydrogens is 388 g/mol. The van der Waals surface area contributed by atoms with Gasteiger partial charge in [-0.25, -0.2) is 4.98 Å². The molecule has 3 aromatic rings. The number of aryl methyl sites for hydroxylation is 2. The van der Waals surface area contributed by atoms with E-state index in [1.807, 2.05) is 32.0 Å². The molecule has 0 unspecified atom stereocenters. The summed E-state index contributed by atoms with van der Waals surface area (Å²) in [6.07, 6.45) is 1.67. The van der Waals surface area contributed by atoms with Crippen molar-refractivity contribution in [2.75, 3.05) is 18.5 Å². The van der Waals surface area contributed by atoms with Crippen LogP contribution in [0.3, 0.4) is 0 Å². The van der Waals surface area contributed by atoms with Gasteiger partial charge in [0.1, 0.15) is 17.1 Å². The fourth-order valence-electron chi connectivity index (χ4n) is 3.19. The second-order valence-corrected chi connectivity index (χ2v) is 6.97. The molecule has 0 saturated carbocycles. The van der Waals surface area contributed by atoms with Crippen molar-refractivity contribution in [1.82, 2.24) is 25.1 Å². The van der Waals surface area contributed by atoms with Gasteiger partial charge in [-0.2, -0.15) is 5.10 Å². The Kier molecular flexibility index (Phi) is 6.48. The van der Waals surface area contributed by atoms with Gasteiger partial charge in [0, 0.05) is 19.3 Å². The van der Waals surface area contributed by atoms with Crippen molar-refractivity contribution >= 4 is 34.1 Å². The summed E-state index contributed by atoms with van der Waals surface area (Å²) < 4.78 is 7.36. The average molecular weight is 415 g/mol. The first-order chi connectivity index (χ1) is 14.0. The van der Waals surface area contributed by atoms with Crippen LogP contribution in [0.25, 0.3) is 22.4 Å². The van der Waals surface area contributed by atoms with E-state index in [1.54, 1.807) is 11.7 Å².